The molecule has 1 aromatic carbocycles. The first kappa shape index (κ1) is 22.8. The molecule has 2 amide bonds. The first-order chi connectivity index (χ1) is 16.4. The SMILES string of the molecule is CC(C)NC(=O)c1cnc(Nc2ccc(N3CCNC(=O)C3)cc2)nc1Nc1cccc(N)n1. The van der Waals surface area contributed by atoms with Gasteiger partial charge in [-0.1, -0.05) is 6.07 Å². The van der Waals surface area contributed by atoms with Gasteiger partial charge in [0, 0.05) is 36.7 Å². The van der Waals surface area contributed by atoms with Crippen molar-refractivity contribution in [2.45, 2.75) is 19.9 Å². The predicted molar refractivity (Wildman–Crippen MR) is 132 cm³/mol. The van der Waals surface area contributed by atoms with E-state index in [0.29, 0.717) is 36.5 Å². The molecule has 0 spiro atoms. The molecule has 1 aliphatic heterocycles. The van der Waals surface area contributed by atoms with Crippen LogP contribution in [-0.4, -0.2) is 52.4 Å². The van der Waals surface area contributed by atoms with Crippen LogP contribution in [-0.2, 0) is 4.79 Å². The summed E-state index contributed by atoms with van der Waals surface area (Å²) < 4.78 is 0. The summed E-state index contributed by atoms with van der Waals surface area (Å²) in [5.41, 5.74) is 7.78. The summed E-state index contributed by atoms with van der Waals surface area (Å²) in [6.45, 7) is 5.47. The highest BCUT2D eigenvalue weighted by molar-refractivity contribution is 5.99. The van der Waals surface area contributed by atoms with Crippen LogP contribution in [0.15, 0.2) is 48.7 Å². The van der Waals surface area contributed by atoms with Crippen molar-refractivity contribution in [3.05, 3.63) is 54.2 Å². The molecule has 11 nitrogen and oxygen atoms in total. The van der Waals surface area contributed by atoms with Gasteiger partial charge in [-0.15, -0.1) is 0 Å². The zero-order valence-corrected chi connectivity index (χ0v) is 19.0. The van der Waals surface area contributed by atoms with E-state index in [4.69, 9.17) is 5.73 Å². The summed E-state index contributed by atoms with van der Waals surface area (Å²) in [5.74, 6) is 1.11. The molecule has 0 bridgehead atoms. The second kappa shape index (κ2) is 10.0. The summed E-state index contributed by atoms with van der Waals surface area (Å²) in [7, 11) is 0. The van der Waals surface area contributed by atoms with E-state index < -0.39 is 0 Å². The van der Waals surface area contributed by atoms with Crippen molar-refractivity contribution in [1.82, 2.24) is 25.6 Å². The molecular weight excluding hydrogens is 434 g/mol. The molecule has 0 radical (unpaired) electrons. The maximum atomic E-state index is 12.7. The van der Waals surface area contributed by atoms with Crippen molar-refractivity contribution >= 4 is 46.6 Å². The fourth-order valence-electron chi connectivity index (χ4n) is 3.43. The number of benzene rings is 1. The number of nitrogens with one attached hydrogen (secondary N) is 4. The number of nitrogen functional groups attached to an aromatic ring is 1. The lowest BCUT2D eigenvalue weighted by Crippen LogP contribution is -2.47. The highest BCUT2D eigenvalue weighted by atomic mass is 16.2. The molecule has 0 saturated carbocycles. The van der Waals surface area contributed by atoms with E-state index in [0.717, 1.165) is 17.9 Å². The number of pyridine rings is 1. The van der Waals surface area contributed by atoms with E-state index in [1.165, 1.54) is 6.20 Å². The molecule has 1 aliphatic rings. The second-order valence-corrected chi connectivity index (χ2v) is 8.10. The van der Waals surface area contributed by atoms with Gasteiger partial charge in [0.05, 0.1) is 6.54 Å². The lowest BCUT2D eigenvalue weighted by Gasteiger charge is -2.28. The van der Waals surface area contributed by atoms with Gasteiger partial charge in [0.2, 0.25) is 11.9 Å². The number of hydrogen-bond acceptors (Lipinski definition) is 9. The normalized spacial score (nSPS) is 13.4. The molecule has 3 aromatic rings. The fourth-order valence-corrected chi connectivity index (χ4v) is 3.43. The average Bonchev–Trinajstić information content (AvgIpc) is 2.79. The molecular formula is C23H27N9O2. The highest BCUT2D eigenvalue weighted by Gasteiger charge is 2.18. The van der Waals surface area contributed by atoms with Crippen molar-refractivity contribution in [2.75, 3.05) is 40.9 Å². The summed E-state index contributed by atoms with van der Waals surface area (Å²) >= 11 is 0. The third-order valence-corrected chi connectivity index (χ3v) is 5.00. The number of carbonyl (C=O) groups is 2. The Labute approximate surface area is 197 Å². The first-order valence-corrected chi connectivity index (χ1v) is 10.9. The van der Waals surface area contributed by atoms with Crippen LogP contribution in [0.2, 0.25) is 0 Å². The molecule has 0 atom stereocenters. The number of nitrogens with zero attached hydrogens (tertiary/aromatic N) is 4. The van der Waals surface area contributed by atoms with Gasteiger partial charge in [0.1, 0.15) is 23.0 Å². The molecule has 176 valence electrons. The summed E-state index contributed by atoms with van der Waals surface area (Å²) in [6.07, 6.45) is 1.46. The highest BCUT2D eigenvalue weighted by Crippen LogP contribution is 2.23. The molecule has 4 rings (SSSR count). The first-order valence-electron chi connectivity index (χ1n) is 10.9. The Balaban J connectivity index is 1.55. The number of nitrogens with two attached hydrogens (primary N) is 1. The number of carbonyl (C=O) groups excluding carboxylic acids is 2. The Morgan fingerprint density at radius 2 is 1.91 bits per heavy atom. The Bertz CT molecular complexity index is 1180. The average molecular weight is 462 g/mol. The molecule has 2 aromatic heterocycles. The molecule has 11 heteroatoms. The van der Waals surface area contributed by atoms with Crippen LogP contribution in [0, 0.1) is 0 Å². The van der Waals surface area contributed by atoms with Crippen LogP contribution in [0.5, 0.6) is 0 Å². The Hall–Kier alpha value is -4.41. The quantitative estimate of drug-likeness (QED) is 0.356. The molecule has 0 unspecified atom stereocenters. The third-order valence-electron chi connectivity index (χ3n) is 5.00. The maximum Gasteiger partial charge on any atom is 0.256 e. The van der Waals surface area contributed by atoms with Crippen LogP contribution in [0.4, 0.5) is 34.8 Å². The van der Waals surface area contributed by atoms with Gasteiger partial charge in [-0.3, -0.25) is 9.59 Å². The standard InChI is InChI=1S/C23H27N9O2/c1-14(2)27-22(34)17-12-26-23(31-21(17)30-19-5-3-4-18(24)29-19)28-15-6-8-16(9-7-15)32-11-10-25-20(33)13-32/h3-9,12,14H,10-11,13H2,1-2H3,(H,25,33)(H,27,34)(H4,24,26,28,29,30,31). The topological polar surface area (TPSA) is 150 Å². The molecule has 1 fully saturated rings. The van der Waals surface area contributed by atoms with Crippen molar-refractivity contribution in [3.8, 4) is 0 Å². The van der Waals surface area contributed by atoms with Gasteiger partial charge in [-0.2, -0.15) is 4.98 Å². The smallest absolute Gasteiger partial charge is 0.256 e. The van der Waals surface area contributed by atoms with Gasteiger partial charge in [-0.25, -0.2) is 9.97 Å². The summed E-state index contributed by atoms with van der Waals surface area (Å²) in [6, 6.07) is 12.7. The van der Waals surface area contributed by atoms with E-state index in [1.54, 1.807) is 18.2 Å². The van der Waals surface area contributed by atoms with Crippen LogP contribution in [0.25, 0.3) is 0 Å². The van der Waals surface area contributed by atoms with Gasteiger partial charge >= 0.3 is 0 Å². The summed E-state index contributed by atoms with van der Waals surface area (Å²) in [5, 5.41) is 11.9. The van der Waals surface area contributed by atoms with Gasteiger partial charge in [0.15, 0.2) is 0 Å². The van der Waals surface area contributed by atoms with Gasteiger partial charge < -0.3 is 31.9 Å². The monoisotopic (exact) mass is 461 g/mol. The van der Waals surface area contributed by atoms with Gasteiger partial charge in [-0.05, 0) is 50.2 Å². The number of hydrogen-bond donors (Lipinski definition) is 5. The molecule has 1 saturated heterocycles. The number of aromatic nitrogens is 3. The fraction of sp³-hybridized carbons (Fsp3) is 0.261. The van der Waals surface area contributed by atoms with E-state index in [-0.39, 0.29) is 23.4 Å². The van der Waals surface area contributed by atoms with E-state index in [9.17, 15) is 9.59 Å². The Morgan fingerprint density at radius 1 is 1.12 bits per heavy atom. The minimum absolute atomic E-state index is 0.0122. The third kappa shape index (κ3) is 5.68. The van der Waals surface area contributed by atoms with Crippen molar-refractivity contribution in [3.63, 3.8) is 0 Å². The minimum Gasteiger partial charge on any atom is -0.384 e. The van der Waals surface area contributed by atoms with E-state index >= 15 is 0 Å². The Kier molecular flexibility index (Phi) is 6.72. The van der Waals surface area contributed by atoms with Crippen molar-refractivity contribution in [1.29, 1.82) is 0 Å². The van der Waals surface area contributed by atoms with E-state index in [1.807, 2.05) is 43.0 Å². The van der Waals surface area contributed by atoms with Crippen LogP contribution in [0.1, 0.15) is 24.2 Å². The van der Waals surface area contributed by atoms with Crippen LogP contribution < -0.4 is 31.9 Å². The molecule has 34 heavy (non-hydrogen) atoms. The second-order valence-electron chi connectivity index (χ2n) is 8.10. The lowest BCUT2D eigenvalue weighted by molar-refractivity contribution is -0.120. The zero-order valence-electron chi connectivity index (χ0n) is 19.0. The van der Waals surface area contributed by atoms with Crippen molar-refractivity contribution < 1.29 is 9.59 Å². The summed E-state index contributed by atoms with van der Waals surface area (Å²) in [4.78, 5) is 39.4. The number of anilines is 6. The number of rotatable bonds is 7. The predicted octanol–water partition coefficient (Wildman–Crippen LogP) is 2.02. The number of piperazine rings is 1. The largest absolute Gasteiger partial charge is 0.384 e. The van der Waals surface area contributed by atoms with Gasteiger partial charge in [0.25, 0.3) is 5.91 Å². The minimum atomic E-state index is -0.303. The number of amides is 2. The maximum absolute atomic E-state index is 12.7. The molecule has 0 aliphatic carbocycles. The van der Waals surface area contributed by atoms with Crippen LogP contribution in [0.3, 0.4) is 0 Å². The Morgan fingerprint density at radius 3 is 2.62 bits per heavy atom. The van der Waals surface area contributed by atoms with Crippen molar-refractivity contribution in [2.24, 2.45) is 0 Å². The zero-order chi connectivity index (χ0) is 24.1. The van der Waals surface area contributed by atoms with Crippen LogP contribution >= 0.6 is 0 Å². The molecule has 6 N–H and O–H groups in total. The lowest BCUT2D eigenvalue weighted by atomic mass is 10.2. The van der Waals surface area contributed by atoms with E-state index in [2.05, 4.69) is 36.2 Å². The molecule has 3 heterocycles.